The van der Waals surface area contributed by atoms with Crippen LogP contribution < -0.4 is 0 Å². The van der Waals surface area contributed by atoms with Gasteiger partial charge in [0.25, 0.3) is 0 Å². The predicted molar refractivity (Wildman–Crippen MR) is 151 cm³/mol. The van der Waals surface area contributed by atoms with Crippen LogP contribution in [0.1, 0.15) is 6.92 Å². The van der Waals surface area contributed by atoms with E-state index in [4.69, 9.17) is 9.30 Å². The summed E-state index contributed by atoms with van der Waals surface area (Å²) in [5, 5.41) is 10.8. The maximum absolute atomic E-state index is 5.04. The predicted octanol–water partition coefficient (Wildman–Crippen LogP) is 9.41. The number of hydrogen-bond acceptors (Lipinski definition) is 0. The summed E-state index contributed by atoms with van der Waals surface area (Å²) < 4.78 is 0. The molecule has 0 nitrogen and oxygen atoms in total. The summed E-state index contributed by atoms with van der Waals surface area (Å²) in [6.07, 6.45) is 0. The molecule has 169 valence electrons. The molecule has 0 aromatic heterocycles. The summed E-state index contributed by atoms with van der Waals surface area (Å²) in [6, 6.07) is 38.5. The van der Waals surface area contributed by atoms with E-state index in [0.717, 1.165) is 0 Å². The fourth-order valence-electron chi connectivity index (χ4n) is 3.81. The maximum Gasteiger partial charge on any atom is -0.0771 e. The average molecular weight is 544 g/mol. The van der Waals surface area contributed by atoms with Crippen molar-refractivity contribution in [3.63, 3.8) is 0 Å². The van der Waals surface area contributed by atoms with Gasteiger partial charge < -0.3 is 6.92 Å². The van der Waals surface area contributed by atoms with Crippen molar-refractivity contribution in [3.8, 4) is 0 Å². The van der Waals surface area contributed by atoms with Gasteiger partial charge in [0.2, 0.25) is 0 Å². The number of hydrogen-bond donors (Lipinski definition) is 0. The van der Waals surface area contributed by atoms with Crippen LogP contribution in [-0.4, -0.2) is 7.63 Å². The van der Waals surface area contributed by atoms with Gasteiger partial charge in [-0.2, -0.15) is 6.92 Å². The molecule has 0 amide bonds. The van der Waals surface area contributed by atoms with Crippen molar-refractivity contribution >= 4 is 84.8 Å². The van der Waals surface area contributed by atoms with Crippen LogP contribution in [-0.2, 0) is 16.8 Å². The fraction of sp³-hybridized carbons (Fsp3) is 0.0357. The topological polar surface area (TPSA) is 0 Å². The van der Waals surface area contributed by atoms with Gasteiger partial charge in [-0.15, -0.1) is 104 Å². The fourth-order valence-corrected chi connectivity index (χ4v) is 3.81. The molecule has 0 atom stereocenters. The Bertz CT molecular complexity index is 1200. The van der Waals surface area contributed by atoms with Gasteiger partial charge in [0.05, 0.1) is 0 Å². The van der Waals surface area contributed by atoms with Crippen LogP contribution in [0.3, 0.4) is 0 Å². The second-order valence-electron chi connectivity index (χ2n) is 6.73. The second kappa shape index (κ2) is 15.3. The Hall–Kier alpha value is -1.58. The molecule has 0 saturated carbocycles. The minimum atomic E-state index is -0.222. The van der Waals surface area contributed by atoms with E-state index in [9.17, 15) is 0 Å². The molecule has 0 aliphatic carbocycles. The number of rotatable bonds is 0. The molecule has 6 aromatic carbocycles. The summed E-state index contributed by atoms with van der Waals surface area (Å²) in [5.74, 6) is 0. The number of halogens is 3. The zero-order valence-corrected chi connectivity index (χ0v) is 23.2. The summed E-state index contributed by atoms with van der Waals surface area (Å²) in [5.41, 5.74) is 0. The Balaban J connectivity index is 0.000000264. The molecule has 0 heterocycles. The van der Waals surface area contributed by atoms with Crippen molar-refractivity contribution in [3.05, 3.63) is 116 Å². The van der Waals surface area contributed by atoms with Crippen molar-refractivity contribution in [2.24, 2.45) is 0 Å². The third-order valence-corrected chi connectivity index (χ3v) is 5.05. The van der Waals surface area contributed by atoms with Gasteiger partial charge >= 0.3 is 33.8 Å². The molecule has 0 saturated heterocycles. The minimum absolute atomic E-state index is 0. The van der Waals surface area contributed by atoms with Crippen LogP contribution in [0.25, 0.3) is 43.1 Å². The van der Waals surface area contributed by atoms with Crippen LogP contribution in [0.2, 0.25) is 0 Å². The first kappa shape index (κ1) is 29.5. The summed E-state index contributed by atoms with van der Waals surface area (Å²) in [7, 11) is 8.11. The standard InChI is InChI=1S/2C13H9.C2H5.3ClH.Si.Ti/c2*1-3-7-12-10(5-1)9-11-6-2-4-8-13(11)12;1-2;;;;;/h2*1-9H;1H2,2H3;3*1H;;/q3*-1;;;;;+1/p-1. The van der Waals surface area contributed by atoms with Gasteiger partial charge in [-0.25, -0.2) is 0 Å². The van der Waals surface area contributed by atoms with Crippen LogP contribution in [0.4, 0.5) is 0 Å². The van der Waals surface area contributed by atoms with E-state index in [2.05, 4.69) is 124 Å². The Kier molecular flexibility index (Phi) is 13.7. The Morgan fingerprint density at radius 2 is 0.727 bits per heavy atom. The van der Waals surface area contributed by atoms with Crippen molar-refractivity contribution in [2.45, 2.75) is 6.92 Å². The SMILES string of the molecule is Cl.Cl.[CH2-]C.[Si]=[Ti][Cl].c1ccc2c(c1)[cH-]c1ccccc12.c1ccc2c(c1)[cH-]c1ccccc12. The Morgan fingerprint density at radius 3 is 0.939 bits per heavy atom. The van der Waals surface area contributed by atoms with Crippen LogP contribution in [0.5, 0.6) is 0 Å². The smallest absolute Gasteiger partial charge is 0.0771 e. The first-order valence-corrected chi connectivity index (χ1v) is 15.1. The van der Waals surface area contributed by atoms with Gasteiger partial charge in [0, 0.05) is 0 Å². The molecular weight excluding hydrogens is 519 g/mol. The molecule has 2 radical (unpaired) electrons. The van der Waals surface area contributed by atoms with Crippen LogP contribution >= 0.6 is 34.1 Å². The van der Waals surface area contributed by atoms with E-state index in [-0.39, 0.29) is 41.6 Å². The monoisotopic (exact) mass is 542 g/mol. The zero-order valence-electron chi connectivity index (χ0n) is 18.3. The largest absolute Gasteiger partial charge is 0.126 e. The van der Waals surface area contributed by atoms with Crippen molar-refractivity contribution in [1.29, 1.82) is 0 Å². The molecule has 0 aliphatic heterocycles. The van der Waals surface area contributed by atoms with E-state index >= 15 is 0 Å². The van der Waals surface area contributed by atoms with Gasteiger partial charge in [-0.05, 0) is 0 Å². The molecule has 0 spiro atoms. The van der Waals surface area contributed by atoms with E-state index in [0.29, 0.717) is 0 Å². The molecule has 33 heavy (non-hydrogen) atoms. The van der Waals surface area contributed by atoms with E-state index in [1.54, 1.807) is 6.92 Å². The molecular formula is C28H25Cl3SiTi-3. The Morgan fingerprint density at radius 1 is 0.545 bits per heavy atom. The van der Waals surface area contributed by atoms with E-state index < -0.39 is 0 Å². The summed E-state index contributed by atoms with van der Waals surface area (Å²) in [4.78, 5) is 0. The van der Waals surface area contributed by atoms with Crippen molar-refractivity contribution < 1.29 is 16.8 Å². The molecule has 5 heteroatoms. The quantitative estimate of drug-likeness (QED) is 0.132. The first-order chi connectivity index (χ1) is 15.3. The number of benzene rings is 4. The zero-order chi connectivity index (χ0) is 22.1. The molecule has 0 unspecified atom stereocenters. The normalized spacial score (nSPS) is 9.18. The van der Waals surface area contributed by atoms with E-state index in [1.165, 1.54) is 43.1 Å². The minimum Gasteiger partial charge on any atom is -0.126 e. The molecule has 6 aromatic rings. The molecule has 0 fully saturated rings. The maximum atomic E-state index is 5.04. The second-order valence-corrected chi connectivity index (χ2v) is 10.1. The Labute approximate surface area is 223 Å². The third-order valence-electron chi connectivity index (χ3n) is 5.05. The molecule has 6 rings (SSSR count). The molecule has 0 aliphatic rings. The molecule has 0 N–H and O–H groups in total. The van der Waals surface area contributed by atoms with E-state index in [1.807, 2.05) is 0 Å². The van der Waals surface area contributed by atoms with Crippen LogP contribution in [0.15, 0.2) is 109 Å². The van der Waals surface area contributed by atoms with Gasteiger partial charge in [-0.3, -0.25) is 0 Å². The third kappa shape index (κ3) is 7.20. The van der Waals surface area contributed by atoms with Gasteiger partial charge in [-0.1, -0.05) is 72.8 Å². The van der Waals surface area contributed by atoms with Gasteiger partial charge in [0.15, 0.2) is 0 Å². The summed E-state index contributed by atoms with van der Waals surface area (Å²) >= 11 is -0.222. The average Bonchev–Trinajstić information content (AvgIpc) is 3.40. The first-order valence-electron chi connectivity index (χ1n) is 10.1. The van der Waals surface area contributed by atoms with Gasteiger partial charge in [0.1, 0.15) is 0 Å². The van der Waals surface area contributed by atoms with Crippen molar-refractivity contribution in [1.82, 2.24) is 0 Å². The molecule has 0 bridgehead atoms. The number of fused-ring (bicyclic) bond motifs is 6. The van der Waals surface area contributed by atoms with Crippen LogP contribution in [0, 0.1) is 6.92 Å². The van der Waals surface area contributed by atoms with Crippen molar-refractivity contribution in [2.75, 3.05) is 0 Å². The summed E-state index contributed by atoms with van der Waals surface area (Å²) in [6.45, 7) is 5.00.